The molecule has 0 aromatic heterocycles. The zero-order valence-electron chi connectivity index (χ0n) is 17.0. The summed E-state index contributed by atoms with van der Waals surface area (Å²) < 4.78 is 1.17. The molecule has 3 fully saturated rings. The summed E-state index contributed by atoms with van der Waals surface area (Å²) in [7, 11) is 0. The number of hydrogen-bond acceptors (Lipinski definition) is 1. The van der Waals surface area contributed by atoms with Crippen molar-refractivity contribution in [1.29, 1.82) is 0 Å². The molecule has 3 aliphatic rings. The molecule has 0 saturated carbocycles. The lowest BCUT2D eigenvalue weighted by atomic mass is 9.56. The van der Waals surface area contributed by atoms with Crippen molar-refractivity contribution >= 4 is 0 Å². The van der Waals surface area contributed by atoms with Crippen LogP contribution in [0.25, 0.3) is 0 Å². The van der Waals surface area contributed by atoms with Crippen LogP contribution in [-0.2, 0) is 12.1 Å². The monoisotopic (exact) mass is 384 g/mol. The van der Waals surface area contributed by atoms with Gasteiger partial charge < -0.3 is 9.59 Å². The van der Waals surface area contributed by atoms with Gasteiger partial charge in [0.15, 0.2) is 0 Å². The number of benzene rings is 3. The summed E-state index contributed by atoms with van der Waals surface area (Å²) in [5.41, 5.74) is 2.49. The van der Waals surface area contributed by atoms with Gasteiger partial charge in [-0.1, -0.05) is 91.0 Å². The van der Waals surface area contributed by atoms with Crippen LogP contribution in [0.15, 0.2) is 91.0 Å². The first-order valence-electron chi connectivity index (χ1n) is 10.9. The lowest BCUT2D eigenvalue weighted by Gasteiger charge is -2.60. The van der Waals surface area contributed by atoms with Gasteiger partial charge in [-0.25, -0.2) is 0 Å². The Morgan fingerprint density at radius 1 is 0.655 bits per heavy atom. The van der Waals surface area contributed by atoms with Crippen LogP contribution >= 0.6 is 0 Å². The van der Waals surface area contributed by atoms with Gasteiger partial charge >= 0.3 is 0 Å². The quantitative estimate of drug-likeness (QED) is 0.605. The molecule has 0 spiro atoms. The molecular weight excluding hydrogens is 354 g/mol. The average molecular weight is 385 g/mol. The molecule has 1 N–H and O–H groups in total. The second-order valence-corrected chi connectivity index (χ2v) is 9.13. The number of hydrogen-bond donors (Lipinski definition) is 1. The van der Waals surface area contributed by atoms with E-state index >= 15 is 0 Å². The molecule has 148 valence electrons. The minimum atomic E-state index is -0.932. The topological polar surface area (TPSA) is 20.2 Å². The minimum absolute atomic E-state index is 0.0909. The van der Waals surface area contributed by atoms with Crippen LogP contribution in [0.2, 0.25) is 0 Å². The number of fused-ring (bicyclic) bond motifs is 3. The number of aliphatic hydroxyl groups is 1. The fourth-order valence-corrected chi connectivity index (χ4v) is 5.95. The van der Waals surface area contributed by atoms with E-state index in [2.05, 4.69) is 78.9 Å². The van der Waals surface area contributed by atoms with E-state index in [0.717, 1.165) is 56.6 Å². The van der Waals surface area contributed by atoms with Gasteiger partial charge in [0.25, 0.3) is 0 Å². The van der Waals surface area contributed by atoms with Gasteiger partial charge in [-0.15, -0.1) is 0 Å². The van der Waals surface area contributed by atoms with Gasteiger partial charge in [0.1, 0.15) is 12.1 Å². The van der Waals surface area contributed by atoms with Crippen LogP contribution in [0.4, 0.5) is 0 Å². The zero-order chi connectivity index (χ0) is 19.8. The number of quaternary nitrogens is 1. The van der Waals surface area contributed by atoms with E-state index < -0.39 is 5.60 Å². The summed E-state index contributed by atoms with van der Waals surface area (Å²) in [5.74, 6) is 0. The normalized spacial score (nSPS) is 26.4. The lowest BCUT2D eigenvalue weighted by Crippen LogP contribution is -2.66. The molecule has 0 unspecified atom stereocenters. The highest BCUT2D eigenvalue weighted by molar-refractivity contribution is 5.39. The molecule has 0 amide bonds. The summed E-state index contributed by atoms with van der Waals surface area (Å²) in [5, 5.41) is 12.4. The van der Waals surface area contributed by atoms with Crippen molar-refractivity contribution in [1.82, 2.24) is 0 Å². The molecule has 2 nitrogen and oxygen atoms in total. The van der Waals surface area contributed by atoms with Crippen molar-refractivity contribution in [3.05, 3.63) is 108 Å². The van der Waals surface area contributed by atoms with E-state index in [4.69, 9.17) is 0 Å². The maximum absolute atomic E-state index is 12.4. The highest BCUT2D eigenvalue weighted by Crippen LogP contribution is 2.57. The van der Waals surface area contributed by atoms with Gasteiger partial charge in [0.2, 0.25) is 0 Å². The Kier molecular flexibility index (Phi) is 4.57. The molecule has 2 heteroatoms. The van der Waals surface area contributed by atoms with Crippen molar-refractivity contribution in [3.8, 4) is 0 Å². The van der Waals surface area contributed by atoms with E-state index in [9.17, 15) is 5.11 Å². The van der Waals surface area contributed by atoms with E-state index in [1.165, 1.54) is 10.0 Å². The smallest absolute Gasteiger partial charge is 0.121 e. The Morgan fingerprint density at radius 3 is 1.52 bits per heavy atom. The molecule has 0 atom stereocenters. The van der Waals surface area contributed by atoms with Gasteiger partial charge in [0, 0.05) is 30.2 Å². The van der Waals surface area contributed by atoms with Crippen LogP contribution in [0.5, 0.6) is 0 Å². The summed E-state index contributed by atoms with van der Waals surface area (Å²) in [6, 6.07) is 31.6. The van der Waals surface area contributed by atoms with Gasteiger partial charge in [-0.3, -0.25) is 0 Å². The minimum Gasteiger partial charge on any atom is -0.380 e. The van der Waals surface area contributed by atoms with Gasteiger partial charge in [-0.05, 0) is 11.1 Å². The highest BCUT2D eigenvalue weighted by atomic mass is 16.3. The van der Waals surface area contributed by atoms with E-state index in [0.29, 0.717) is 0 Å². The predicted molar refractivity (Wildman–Crippen MR) is 117 cm³/mol. The average Bonchev–Trinajstić information content (AvgIpc) is 2.81. The molecular formula is C27H30NO+. The van der Waals surface area contributed by atoms with E-state index in [1.54, 1.807) is 0 Å². The maximum atomic E-state index is 12.4. The molecule has 0 radical (unpaired) electrons. The highest BCUT2D eigenvalue weighted by Gasteiger charge is 2.60. The van der Waals surface area contributed by atoms with Crippen molar-refractivity contribution in [2.24, 2.45) is 5.41 Å². The van der Waals surface area contributed by atoms with Crippen molar-refractivity contribution in [3.63, 3.8) is 0 Å². The fourth-order valence-electron chi connectivity index (χ4n) is 5.95. The zero-order valence-corrected chi connectivity index (χ0v) is 17.0. The molecule has 3 aromatic rings. The third kappa shape index (κ3) is 3.02. The predicted octanol–water partition coefficient (Wildman–Crippen LogP) is 5.12. The van der Waals surface area contributed by atoms with Crippen LogP contribution in [0.1, 0.15) is 36.0 Å². The number of rotatable bonds is 5. The second kappa shape index (κ2) is 7.12. The summed E-state index contributed by atoms with van der Waals surface area (Å²) in [4.78, 5) is 0. The molecule has 3 saturated heterocycles. The maximum Gasteiger partial charge on any atom is 0.121 e. The largest absolute Gasteiger partial charge is 0.380 e. The van der Waals surface area contributed by atoms with Crippen LogP contribution < -0.4 is 0 Å². The Hall–Kier alpha value is -2.42. The number of piperidine rings is 3. The Bertz CT molecular complexity index is 888. The van der Waals surface area contributed by atoms with Crippen molar-refractivity contribution < 1.29 is 9.59 Å². The van der Waals surface area contributed by atoms with Crippen LogP contribution in [0.3, 0.4) is 0 Å². The molecule has 29 heavy (non-hydrogen) atoms. The Labute approximate surface area is 174 Å². The molecule has 3 aliphatic heterocycles. The molecule has 6 rings (SSSR count). The van der Waals surface area contributed by atoms with E-state index in [1.807, 2.05) is 12.1 Å². The SMILES string of the molecule is OC(c1ccccc1)(c1ccccc1)C12CC[N+](Cc3ccccc3)(CC1)CC2. The van der Waals surface area contributed by atoms with Gasteiger partial charge in [-0.2, -0.15) is 0 Å². The first-order valence-corrected chi connectivity index (χ1v) is 10.9. The first kappa shape index (κ1) is 18.6. The van der Waals surface area contributed by atoms with Crippen molar-refractivity contribution in [2.45, 2.75) is 31.4 Å². The Morgan fingerprint density at radius 2 is 1.07 bits per heavy atom. The van der Waals surface area contributed by atoms with Crippen LogP contribution in [0, 0.1) is 5.41 Å². The molecule has 2 bridgehead atoms. The summed E-state index contributed by atoms with van der Waals surface area (Å²) >= 11 is 0. The standard InChI is InChI=1S/C27H30NO/c29-27(24-12-6-2-7-13-24,25-14-8-3-9-15-25)26-16-19-28(20-17-26,21-18-26)22-23-10-4-1-5-11-23/h1-15,29H,16-22H2/q+1. The molecule has 3 heterocycles. The summed E-state index contributed by atoms with van der Waals surface area (Å²) in [6.45, 7) is 4.57. The third-order valence-electron chi connectivity index (χ3n) is 7.71. The van der Waals surface area contributed by atoms with E-state index in [-0.39, 0.29) is 5.41 Å². The lowest BCUT2D eigenvalue weighted by molar-refractivity contribution is -0.958. The first-order chi connectivity index (χ1) is 14.2. The fraction of sp³-hybridized carbons (Fsp3) is 0.333. The second-order valence-electron chi connectivity index (χ2n) is 9.13. The summed E-state index contributed by atoms with van der Waals surface area (Å²) in [6.07, 6.45) is 3.21. The van der Waals surface area contributed by atoms with Gasteiger partial charge in [0.05, 0.1) is 19.6 Å². The number of nitrogens with zero attached hydrogens (tertiary/aromatic N) is 1. The van der Waals surface area contributed by atoms with Crippen LogP contribution in [-0.4, -0.2) is 29.2 Å². The Balaban J connectivity index is 1.50. The molecule has 3 aromatic carbocycles. The van der Waals surface area contributed by atoms with Crippen molar-refractivity contribution in [2.75, 3.05) is 19.6 Å². The third-order valence-corrected chi connectivity index (χ3v) is 7.71. The molecule has 0 aliphatic carbocycles.